The van der Waals surface area contributed by atoms with Crippen LogP contribution < -0.4 is 5.43 Å². The second-order valence-corrected chi connectivity index (χ2v) is 6.17. The maximum absolute atomic E-state index is 13.2. The first-order valence-electron chi connectivity index (χ1n) is 7.86. The second kappa shape index (κ2) is 6.64. The van der Waals surface area contributed by atoms with Crippen molar-refractivity contribution >= 4 is 11.7 Å². The molecule has 1 aromatic carbocycles. The number of aromatic nitrogens is 2. The van der Waals surface area contributed by atoms with Gasteiger partial charge in [-0.05, 0) is 22.6 Å². The van der Waals surface area contributed by atoms with Gasteiger partial charge in [-0.1, -0.05) is 18.7 Å². The number of hydrazine groups is 1. The first kappa shape index (κ1) is 19.4. The van der Waals surface area contributed by atoms with Gasteiger partial charge in [-0.3, -0.25) is 10.2 Å². The van der Waals surface area contributed by atoms with Crippen molar-refractivity contribution in [3.8, 4) is 0 Å². The number of nitro groups is 1. The van der Waals surface area contributed by atoms with Crippen molar-refractivity contribution in [2.75, 3.05) is 0 Å². The maximum Gasteiger partial charge on any atom is 0.438 e. The lowest BCUT2D eigenvalue weighted by molar-refractivity contribution is -0.389. The number of amides is 1. The molecule has 0 aliphatic carbocycles. The van der Waals surface area contributed by atoms with Crippen LogP contribution in [0.1, 0.15) is 22.3 Å². The van der Waals surface area contributed by atoms with Crippen molar-refractivity contribution < 1.29 is 28.0 Å². The molecule has 12 heteroatoms. The van der Waals surface area contributed by atoms with E-state index in [0.29, 0.717) is 5.56 Å². The smallest absolute Gasteiger partial charge is 0.362 e. The molecule has 2 heterocycles. The van der Waals surface area contributed by atoms with Gasteiger partial charge in [0.15, 0.2) is 0 Å². The van der Waals surface area contributed by atoms with Crippen molar-refractivity contribution in [2.45, 2.75) is 24.9 Å². The van der Waals surface area contributed by atoms with Gasteiger partial charge in [0.1, 0.15) is 0 Å². The van der Waals surface area contributed by atoms with Crippen molar-refractivity contribution in [3.63, 3.8) is 0 Å². The highest BCUT2D eigenvalue weighted by atomic mass is 19.4. The molecule has 0 spiro atoms. The number of rotatable bonds is 4. The average molecular weight is 397 g/mol. The van der Waals surface area contributed by atoms with Gasteiger partial charge in [0.2, 0.25) is 0 Å². The van der Waals surface area contributed by atoms with E-state index in [1.807, 2.05) is 0 Å². The zero-order chi connectivity index (χ0) is 20.7. The monoisotopic (exact) mass is 397 g/mol. The van der Waals surface area contributed by atoms with E-state index in [4.69, 9.17) is 0 Å². The summed E-state index contributed by atoms with van der Waals surface area (Å²) in [5.41, 5.74) is -0.871. The Morgan fingerprint density at radius 3 is 2.54 bits per heavy atom. The number of carbonyl (C=O) groups excluding carboxylic acids is 1. The highest BCUT2D eigenvalue weighted by molar-refractivity contribution is 5.94. The fraction of sp³-hybridized carbons (Fsp3) is 0.250. The quantitative estimate of drug-likeness (QED) is 0.602. The molecule has 28 heavy (non-hydrogen) atoms. The second-order valence-electron chi connectivity index (χ2n) is 6.17. The Hall–Kier alpha value is -3.41. The third-order valence-electron chi connectivity index (χ3n) is 4.12. The Bertz CT molecular complexity index is 941. The highest BCUT2D eigenvalue weighted by Gasteiger charge is 2.63. The zero-order valence-corrected chi connectivity index (χ0v) is 14.2. The largest absolute Gasteiger partial charge is 0.438 e. The molecule has 148 valence electrons. The summed E-state index contributed by atoms with van der Waals surface area (Å²) in [6.45, 7) is 3.50. The van der Waals surface area contributed by atoms with Crippen LogP contribution in [-0.4, -0.2) is 42.6 Å². The molecule has 0 saturated carbocycles. The number of benzene rings is 1. The summed E-state index contributed by atoms with van der Waals surface area (Å²) in [6, 6.07) is 6.74. The molecule has 1 saturated heterocycles. The van der Waals surface area contributed by atoms with Gasteiger partial charge < -0.3 is 15.2 Å². The first-order chi connectivity index (χ1) is 13.0. The Morgan fingerprint density at radius 2 is 2.00 bits per heavy atom. The lowest BCUT2D eigenvalue weighted by Gasteiger charge is -2.33. The summed E-state index contributed by atoms with van der Waals surface area (Å²) < 4.78 is 41.0. The van der Waals surface area contributed by atoms with Gasteiger partial charge in [0.05, 0.1) is 23.9 Å². The Kier molecular flexibility index (Phi) is 4.59. The van der Waals surface area contributed by atoms with Gasteiger partial charge >= 0.3 is 12.0 Å². The molecule has 0 radical (unpaired) electrons. The molecule has 2 aromatic rings. The van der Waals surface area contributed by atoms with Gasteiger partial charge in [0, 0.05) is 17.7 Å². The van der Waals surface area contributed by atoms with Crippen LogP contribution in [0.25, 0.3) is 0 Å². The van der Waals surface area contributed by atoms with E-state index in [2.05, 4.69) is 17.1 Å². The number of nitrogens with one attached hydrogen (secondary N) is 1. The number of alkyl halides is 3. The van der Waals surface area contributed by atoms with E-state index in [9.17, 15) is 33.2 Å². The molecular weight excluding hydrogens is 383 g/mol. The number of aliphatic hydroxyl groups is 1. The fourth-order valence-electron chi connectivity index (χ4n) is 2.72. The van der Waals surface area contributed by atoms with Crippen LogP contribution in [0.3, 0.4) is 0 Å². The minimum Gasteiger partial charge on any atom is -0.362 e. The summed E-state index contributed by atoms with van der Waals surface area (Å²) in [6.07, 6.45) is -4.55. The lowest BCUT2D eigenvalue weighted by Crippen LogP contribution is -2.59. The standard InChI is InChI=1S/C16H14F3N5O4/c1-10-8-15(26,16(17,18)19)23(20-10)14(25)12-4-2-11(3-5-12)9-22-7-6-13(21-22)24(27)28/h2-7,20,26H,1,8-9H2. The third-order valence-corrected chi connectivity index (χ3v) is 4.12. The number of carbonyl (C=O) groups is 1. The van der Waals surface area contributed by atoms with Gasteiger partial charge in [-0.2, -0.15) is 17.9 Å². The number of hydrogen-bond acceptors (Lipinski definition) is 6. The van der Waals surface area contributed by atoms with Crippen LogP contribution in [0.4, 0.5) is 19.0 Å². The van der Waals surface area contributed by atoms with Crippen LogP contribution >= 0.6 is 0 Å². The van der Waals surface area contributed by atoms with Crippen LogP contribution in [0.15, 0.2) is 48.8 Å². The summed E-state index contributed by atoms with van der Waals surface area (Å²) in [5, 5.41) is 24.5. The molecule has 1 atom stereocenters. The van der Waals surface area contributed by atoms with Crippen LogP contribution in [0, 0.1) is 10.1 Å². The third kappa shape index (κ3) is 3.41. The van der Waals surface area contributed by atoms with E-state index >= 15 is 0 Å². The molecule has 3 rings (SSSR count). The van der Waals surface area contributed by atoms with Crippen molar-refractivity contribution in [2.24, 2.45) is 0 Å². The number of hydrogen-bond donors (Lipinski definition) is 2. The van der Waals surface area contributed by atoms with Crippen LogP contribution in [0.5, 0.6) is 0 Å². The lowest BCUT2D eigenvalue weighted by atomic mass is 10.1. The molecule has 0 bridgehead atoms. The summed E-state index contributed by atoms with van der Waals surface area (Å²) in [5.74, 6) is -1.40. The predicted octanol–water partition coefficient (Wildman–Crippen LogP) is 1.95. The van der Waals surface area contributed by atoms with Crippen molar-refractivity contribution in [1.82, 2.24) is 20.2 Å². The van der Waals surface area contributed by atoms with Gasteiger partial charge in [-0.25, -0.2) is 5.01 Å². The Labute approximate surface area is 155 Å². The number of nitrogens with zero attached hydrogens (tertiary/aromatic N) is 4. The van der Waals surface area contributed by atoms with Crippen molar-refractivity contribution in [3.05, 3.63) is 70.0 Å². The molecule has 1 unspecified atom stereocenters. The van der Waals surface area contributed by atoms with Gasteiger partial charge in [-0.15, -0.1) is 0 Å². The predicted molar refractivity (Wildman–Crippen MR) is 88.5 cm³/mol. The fourth-order valence-corrected chi connectivity index (χ4v) is 2.72. The zero-order valence-electron chi connectivity index (χ0n) is 14.2. The van der Waals surface area contributed by atoms with E-state index in [-0.39, 0.29) is 28.6 Å². The molecule has 1 amide bonds. The molecular formula is C16H14F3N5O4. The maximum atomic E-state index is 13.2. The molecule has 1 aromatic heterocycles. The molecule has 9 nitrogen and oxygen atoms in total. The van der Waals surface area contributed by atoms with Crippen LogP contribution in [-0.2, 0) is 6.54 Å². The molecule has 1 aliphatic rings. The Morgan fingerprint density at radius 1 is 1.36 bits per heavy atom. The number of halogens is 3. The molecule has 2 N–H and O–H groups in total. The normalized spacial score (nSPS) is 19.6. The summed E-state index contributed by atoms with van der Waals surface area (Å²) in [7, 11) is 0. The summed E-state index contributed by atoms with van der Waals surface area (Å²) in [4.78, 5) is 22.5. The average Bonchev–Trinajstić information content (AvgIpc) is 3.19. The first-order valence-corrected chi connectivity index (χ1v) is 7.86. The van der Waals surface area contributed by atoms with E-state index in [1.165, 1.54) is 41.2 Å². The highest BCUT2D eigenvalue weighted by Crippen LogP contribution is 2.41. The van der Waals surface area contributed by atoms with E-state index in [0.717, 1.165) is 0 Å². The topological polar surface area (TPSA) is 114 Å². The SMILES string of the molecule is C=C1CC(O)(C(F)(F)F)N(C(=O)c2ccc(Cn3ccc([N+](=O)[O-])n3)cc2)N1. The molecule has 1 aliphatic heterocycles. The minimum atomic E-state index is -5.08. The molecule has 1 fully saturated rings. The Balaban J connectivity index is 1.78. The van der Waals surface area contributed by atoms with E-state index < -0.39 is 29.2 Å². The van der Waals surface area contributed by atoms with Crippen molar-refractivity contribution in [1.29, 1.82) is 0 Å². The van der Waals surface area contributed by atoms with E-state index in [1.54, 1.807) is 0 Å². The summed E-state index contributed by atoms with van der Waals surface area (Å²) >= 11 is 0. The van der Waals surface area contributed by atoms with Gasteiger partial charge in [0.25, 0.3) is 11.6 Å². The minimum absolute atomic E-state index is 0.0972. The van der Waals surface area contributed by atoms with Crippen LogP contribution in [0.2, 0.25) is 0 Å².